The Kier molecular flexibility index (Phi) is 4.55. The van der Waals surface area contributed by atoms with E-state index in [4.69, 9.17) is 9.47 Å². The van der Waals surface area contributed by atoms with E-state index in [9.17, 15) is 9.18 Å². The zero-order valence-corrected chi connectivity index (χ0v) is 15.6. The highest BCUT2D eigenvalue weighted by molar-refractivity contribution is 5.88. The number of likely N-dealkylation sites (tertiary alicyclic amines) is 2. The van der Waals surface area contributed by atoms with Crippen molar-refractivity contribution >= 4 is 5.91 Å². The largest absolute Gasteiger partial charge is 0.493 e. The molecule has 3 aliphatic rings. The number of hydrogen-bond donors (Lipinski definition) is 0. The van der Waals surface area contributed by atoms with Gasteiger partial charge in [-0.1, -0.05) is 0 Å². The van der Waals surface area contributed by atoms with Gasteiger partial charge < -0.3 is 14.4 Å². The van der Waals surface area contributed by atoms with Gasteiger partial charge in [-0.2, -0.15) is 0 Å². The third-order valence-corrected chi connectivity index (χ3v) is 6.17. The second-order valence-corrected chi connectivity index (χ2v) is 7.69. The third-order valence-electron chi connectivity index (χ3n) is 6.17. The number of nitrogens with zero attached hydrogens (tertiary/aromatic N) is 2. The third kappa shape index (κ3) is 2.84. The lowest BCUT2D eigenvalue weighted by Gasteiger charge is -2.45. The Morgan fingerprint density at radius 2 is 1.77 bits per heavy atom. The van der Waals surface area contributed by atoms with Crippen LogP contribution < -0.4 is 9.47 Å². The molecule has 2 saturated heterocycles. The first kappa shape index (κ1) is 17.6. The average Bonchev–Trinajstić information content (AvgIpc) is 3.41. The number of carbonyl (C=O) groups excluding carboxylic acids is 1. The summed E-state index contributed by atoms with van der Waals surface area (Å²) in [6.45, 7) is 2.14. The highest BCUT2D eigenvalue weighted by atomic mass is 19.1. The van der Waals surface area contributed by atoms with Crippen LogP contribution in [0.3, 0.4) is 0 Å². The zero-order chi connectivity index (χ0) is 18.3. The van der Waals surface area contributed by atoms with E-state index in [1.807, 2.05) is 0 Å². The molecule has 1 atom stereocenters. The van der Waals surface area contributed by atoms with Crippen molar-refractivity contribution in [2.45, 2.75) is 56.7 Å². The molecule has 6 heteroatoms. The smallest absolute Gasteiger partial charge is 0.243 e. The number of piperidine rings is 1. The van der Waals surface area contributed by atoms with E-state index in [2.05, 4.69) is 9.80 Å². The van der Waals surface area contributed by atoms with Crippen molar-refractivity contribution in [2.75, 3.05) is 27.3 Å². The van der Waals surface area contributed by atoms with Crippen molar-refractivity contribution in [2.24, 2.45) is 0 Å². The quantitative estimate of drug-likeness (QED) is 0.808. The van der Waals surface area contributed by atoms with Crippen LogP contribution in [0.4, 0.5) is 4.39 Å². The van der Waals surface area contributed by atoms with E-state index in [1.165, 1.54) is 13.2 Å². The number of ether oxygens (including phenoxy) is 2. The van der Waals surface area contributed by atoms with Gasteiger partial charge in [0, 0.05) is 30.8 Å². The van der Waals surface area contributed by atoms with Gasteiger partial charge in [0.05, 0.1) is 14.2 Å². The monoisotopic (exact) mass is 362 g/mol. The molecule has 1 aromatic rings. The van der Waals surface area contributed by atoms with E-state index >= 15 is 0 Å². The van der Waals surface area contributed by atoms with Crippen LogP contribution in [0.25, 0.3) is 0 Å². The molecule has 1 saturated carbocycles. The highest BCUT2D eigenvalue weighted by Crippen LogP contribution is 2.43. The molecule has 26 heavy (non-hydrogen) atoms. The summed E-state index contributed by atoms with van der Waals surface area (Å²) < 4.78 is 25.1. The lowest BCUT2D eigenvalue weighted by Crippen LogP contribution is -2.60. The van der Waals surface area contributed by atoms with Crippen molar-refractivity contribution in [1.82, 2.24) is 9.80 Å². The first-order chi connectivity index (χ1) is 12.6. The SMILES string of the molecule is COc1cc(F)c(CN2CCCC23CCCN(C2CC2)C3=O)cc1OC. The first-order valence-electron chi connectivity index (χ1n) is 9.55. The van der Waals surface area contributed by atoms with Crippen LogP contribution in [0, 0.1) is 5.82 Å². The maximum atomic E-state index is 14.6. The second-order valence-electron chi connectivity index (χ2n) is 7.69. The van der Waals surface area contributed by atoms with Gasteiger partial charge in [-0.25, -0.2) is 4.39 Å². The van der Waals surface area contributed by atoms with Crippen molar-refractivity contribution in [3.05, 3.63) is 23.5 Å². The maximum absolute atomic E-state index is 14.6. The van der Waals surface area contributed by atoms with E-state index in [0.717, 1.165) is 51.6 Å². The van der Waals surface area contributed by atoms with Crippen LogP contribution in [0.2, 0.25) is 0 Å². The molecule has 5 nitrogen and oxygen atoms in total. The fraction of sp³-hybridized carbons (Fsp3) is 0.650. The molecule has 3 fully saturated rings. The van der Waals surface area contributed by atoms with Gasteiger partial charge in [-0.3, -0.25) is 9.69 Å². The summed E-state index contributed by atoms with van der Waals surface area (Å²) in [5, 5.41) is 0. The minimum Gasteiger partial charge on any atom is -0.493 e. The number of methoxy groups -OCH3 is 2. The fourth-order valence-electron chi connectivity index (χ4n) is 4.67. The summed E-state index contributed by atoms with van der Waals surface area (Å²) >= 11 is 0. The lowest BCUT2D eigenvalue weighted by atomic mass is 9.85. The molecule has 0 aromatic heterocycles. The average molecular weight is 362 g/mol. The molecule has 1 amide bonds. The van der Waals surface area contributed by atoms with E-state index in [-0.39, 0.29) is 11.7 Å². The number of benzene rings is 1. The van der Waals surface area contributed by atoms with E-state index < -0.39 is 5.54 Å². The molecule has 1 aliphatic carbocycles. The minimum atomic E-state index is -0.444. The molecule has 4 rings (SSSR count). The van der Waals surface area contributed by atoms with Crippen LogP contribution >= 0.6 is 0 Å². The van der Waals surface area contributed by atoms with Gasteiger partial charge in [0.2, 0.25) is 5.91 Å². The zero-order valence-electron chi connectivity index (χ0n) is 15.6. The topological polar surface area (TPSA) is 42.0 Å². The van der Waals surface area contributed by atoms with Crippen molar-refractivity contribution in [3.8, 4) is 11.5 Å². The molecule has 1 unspecified atom stereocenters. The summed E-state index contributed by atoms with van der Waals surface area (Å²) in [5.41, 5.74) is 0.112. The molecule has 142 valence electrons. The summed E-state index contributed by atoms with van der Waals surface area (Å²) in [5.74, 6) is 0.863. The molecule has 0 radical (unpaired) electrons. The van der Waals surface area contributed by atoms with Crippen molar-refractivity contribution in [3.63, 3.8) is 0 Å². The van der Waals surface area contributed by atoms with Crippen LogP contribution in [0.1, 0.15) is 44.1 Å². The lowest BCUT2D eigenvalue weighted by molar-refractivity contribution is -0.148. The van der Waals surface area contributed by atoms with E-state index in [1.54, 1.807) is 13.2 Å². The summed E-state index contributed by atoms with van der Waals surface area (Å²) in [6.07, 6.45) is 6.04. The van der Waals surface area contributed by atoms with Gasteiger partial charge in [-0.05, 0) is 51.1 Å². The Labute approximate surface area is 154 Å². The molecule has 2 heterocycles. The van der Waals surface area contributed by atoms with Crippen molar-refractivity contribution in [1.29, 1.82) is 0 Å². The molecule has 1 spiro atoms. The predicted octanol–water partition coefficient (Wildman–Crippen LogP) is 2.96. The Hall–Kier alpha value is -1.82. The predicted molar refractivity (Wildman–Crippen MR) is 95.8 cm³/mol. The molecular weight excluding hydrogens is 335 g/mol. The molecule has 2 aliphatic heterocycles. The molecular formula is C20H27FN2O3. The van der Waals surface area contributed by atoms with Gasteiger partial charge in [0.15, 0.2) is 11.5 Å². The first-order valence-corrected chi connectivity index (χ1v) is 9.55. The number of amides is 1. The highest BCUT2D eigenvalue weighted by Gasteiger charge is 2.53. The van der Waals surface area contributed by atoms with Gasteiger partial charge >= 0.3 is 0 Å². The van der Waals surface area contributed by atoms with Gasteiger partial charge in [-0.15, -0.1) is 0 Å². The van der Waals surface area contributed by atoms with Gasteiger partial charge in [0.1, 0.15) is 11.4 Å². The maximum Gasteiger partial charge on any atom is 0.243 e. The number of carbonyl (C=O) groups is 1. The van der Waals surface area contributed by atoms with Crippen molar-refractivity contribution < 1.29 is 18.7 Å². The molecule has 0 N–H and O–H groups in total. The Morgan fingerprint density at radius 3 is 2.42 bits per heavy atom. The molecule has 0 bridgehead atoms. The van der Waals surface area contributed by atoms with Crippen LogP contribution in [0.15, 0.2) is 12.1 Å². The number of rotatable bonds is 5. The summed E-state index contributed by atoms with van der Waals surface area (Å²) in [6, 6.07) is 3.52. The van der Waals surface area contributed by atoms with Crippen LogP contribution in [-0.2, 0) is 11.3 Å². The summed E-state index contributed by atoms with van der Waals surface area (Å²) in [7, 11) is 3.05. The Balaban J connectivity index is 1.60. The number of hydrogen-bond acceptors (Lipinski definition) is 4. The summed E-state index contributed by atoms with van der Waals surface area (Å²) in [4.78, 5) is 17.6. The Bertz CT molecular complexity index is 707. The standard InChI is InChI=1S/C20H27FN2O3/c1-25-17-11-14(16(21)12-18(17)26-2)13-22-9-3-7-20(22)8-4-10-23(19(20)24)15-5-6-15/h11-12,15H,3-10,13H2,1-2H3. The Morgan fingerprint density at radius 1 is 1.12 bits per heavy atom. The van der Waals surface area contributed by atoms with Crippen LogP contribution in [-0.4, -0.2) is 54.6 Å². The van der Waals surface area contributed by atoms with E-state index in [0.29, 0.717) is 29.6 Å². The second kappa shape index (κ2) is 6.72. The fourth-order valence-corrected chi connectivity index (χ4v) is 4.67. The minimum absolute atomic E-state index is 0.268. The number of halogens is 1. The van der Waals surface area contributed by atoms with Gasteiger partial charge in [0.25, 0.3) is 0 Å². The molecule has 1 aromatic carbocycles. The van der Waals surface area contributed by atoms with Crippen LogP contribution in [0.5, 0.6) is 11.5 Å². The normalized spacial score (nSPS) is 26.6.